The Bertz CT molecular complexity index is 3040. The van der Waals surface area contributed by atoms with E-state index in [4.69, 9.17) is 28.7 Å². The molecular formula is C64H97N15O16S2. The SMILES string of the molecule is CSCC[C@H](NC(=O)[C@H](CCC(N)=O)NC(=O)[C@@H]1CCCN1C(=O)[C@H](CC(C)C)NC(=O)[C@H](CCCCN)NC(=O)[C@H](Cc1ccc(O)cc1)NC(=O)[C@H](Cc1ccccc1)NC(=O)[C@H](CC(N)=O)NC(=O)[C@H](CCC(N)=O)NC(=O)[C@@H]1CCCN1C(=O)[C@@H](N)CCSC)C(=O)O. The van der Waals surface area contributed by atoms with E-state index in [1.807, 2.05) is 6.26 Å². The number of carbonyl (C=O) groups excluding carboxylic acids is 13. The molecule has 33 heteroatoms. The molecule has 0 radical (unpaired) electrons. The highest BCUT2D eigenvalue weighted by molar-refractivity contribution is 7.98. The zero-order valence-corrected chi connectivity index (χ0v) is 57.0. The Kier molecular flexibility index (Phi) is 34.6. The summed E-state index contributed by atoms with van der Waals surface area (Å²) in [7, 11) is 0. The van der Waals surface area contributed by atoms with Crippen LogP contribution >= 0.6 is 23.5 Å². The van der Waals surface area contributed by atoms with E-state index in [0.29, 0.717) is 48.3 Å². The van der Waals surface area contributed by atoms with E-state index in [0.717, 1.165) is 0 Å². The molecule has 2 aromatic carbocycles. The molecule has 20 N–H and O–H groups in total. The smallest absolute Gasteiger partial charge is 0.326 e. The molecule has 0 bridgehead atoms. The van der Waals surface area contributed by atoms with Gasteiger partial charge in [0.05, 0.1) is 12.5 Å². The number of amides is 13. The highest BCUT2D eigenvalue weighted by Crippen LogP contribution is 2.23. The van der Waals surface area contributed by atoms with Crippen molar-refractivity contribution < 1.29 is 77.3 Å². The van der Waals surface area contributed by atoms with Gasteiger partial charge in [-0.1, -0.05) is 56.3 Å². The number of nitrogens with two attached hydrogens (primary N) is 5. The van der Waals surface area contributed by atoms with Crippen LogP contribution in [-0.2, 0) is 80.0 Å². The Balaban J connectivity index is 1.65. The van der Waals surface area contributed by atoms with Crippen molar-refractivity contribution in [3.63, 3.8) is 0 Å². The van der Waals surface area contributed by atoms with Gasteiger partial charge in [0.2, 0.25) is 76.8 Å². The molecule has 536 valence electrons. The van der Waals surface area contributed by atoms with Crippen molar-refractivity contribution in [1.29, 1.82) is 0 Å². The van der Waals surface area contributed by atoms with Gasteiger partial charge in [0.15, 0.2) is 0 Å². The summed E-state index contributed by atoms with van der Waals surface area (Å²) in [6, 6.07) is -1.20. The first-order valence-electron chi connectivity index (χ1n) is 32.4. The van der Waals surface area contributed by atoms with E-state index >= 15 is 0 Å². The minimum Gasteiger partial charge on any atom is -0.508 e. The third-order valence-corrected chi connectivity index (χ3v) is 17.6. The lowest BCUT2D eigenvalue weighted by Gasteiger charge is -2.31. The molecule has 11 atom stereocenters. The summed E-state index contributed by atoms with van der Waals surface area (Å²) >= 11 is 2.85. The molecule has 2 aromatic rings. The topological polar surface area (TPSA) is 512 Å². The number of carboxylic acid groups (broad SMARTS) is 1. The number of hydrogen-bond donors (Lipinski definition) is 15. The Morgan fingerprint density at radius 3 is 1.39 bits per heavy atom. The number of aliphatic carboxylic acids is 1. The molecule has 0 aliphatic carbocycles. The minimum atomic E-state index is -1.83. The van der Waals surface area contributed by atoms with Gasteiger partial charge in [0.1, 0.15) is 66.2 Å². The second-order valence-electron chi connectivity index (χ2n) is 24.5. The number of phenolic OH excluding ortho intramolecular Hbond substituents is 1. The number of rotatable bonds is 43. The van der Waals surface area contributed by atoms with Crippen LogP contribution < -0.4 is 71.2 Å². The number of unbranched alkanes of at least 4 members (excludes halogenated alkanes) is 1. The molecule has 0 saturated carbocycles. The highest BCUT2D eigenvalue weighted by Gasteiger charge is 2.42. The first kappa shape index (κ1) is 80.9. The third-order valence-electron chi connectivity index (χ3n) is 16.3. The van der Waals surface area contributed by atoms with E-state index in [1.54, 1.807) is 50.4 Å². The van der Waals surface area contributed by atoms with Crippen molar-refractivity contribution in [3.05, 3.63) is 65.7 Å². The van der Waals surface area contributed by atoms with Crippen LogP contribution in [0.4, 0.5) is 0 Å². The van der Waals surface area contributed by atoms with Crippen molar-refractivity contribution in [3.8, 4) is 5.75 Å². The average Bonchev–Trinajstić information content (AvgIpc) is 1.79. The number of likely N-dealkylation sites (tertiary alicyclic amines) is 2. The van der Waals surface area contributed by atoms with E-state index < -0.39 is 162 Å². The number of benzene rings is 2. The van der Waals surface area contributed by atoms with Gasteiger partial charge in [-0.25, -0.2) is 4.79 Å². The standard InChI is InChI=1S/C64H97N15O16S2/c1-36(2)32-48(63(93)79-29-11-16-50(79)61(91)71-42(21-23-51(67)81)55(85)73-44(64(94)95)26-31-97-4)77-54(84)41(14-8-9-27-65)70-57(87)46(34-38-17-19-39(80)20-18-38)74-58(88)45(33-37-12-6-5-7-13-37)75-59(89)47(35-53(69)83)76-56(86)43(22-24-52(68)82)72-60(90)49-15-10-28-78(49)62(92)40(66)25-30-96-3/h5-7,12-13,17-20,36,40-50,80H,8-11,14-16,21-35,65-66H2,1-4H3,(H2,67,81)(H2,68,82)(H2,69,83)(H,70,87)(H,71,91)(H,72,90)(H,73,85)(H,74,88)(H,75,89)(H,76,86)(H,77,84)(H,94,95)/t40-,41-,42-,43-,44-,45-,46-,47-,48-,49-,50-/m0/s1. The third kappa shape index (κ3) is 27.5. The number of nitrogens with zero attached hydrogens (tertiary/aromatic N) is 2. The number of thioether (sulfide) groups is 2. The quantitative estimate of drug-likeness (QED) is 0.0306. The van der Waals surface area contributed by atoms with Crippen molar-refractivity contribution in [2.45, 2.75) is 189 Å². The second kappa shape index (κ2) is 41.5. The van der Waals surface area contributed by atoms with Crippen molar-refractivity contribution in [1.82, 2.24) is 52.3 Å². The average molecular weight is 1400 g/mol. The van der Waals surface area contributed by atoms with E-state index in [2.05, 4.69) is 42.5 Å². The first-order valence-corrected chi connectivity index (χ1v) is 35.2. The number of primary amides is 3. The number of hydrogen-bond acceptors (Lipinski definition) is 19. The van der Waals surface area contributed by atoms with Crippen LogP contribution in [0.3, 0.4) is 0 Å². The van der Waals surface area contributed by atoms with E-state index in [1.165, 1.54) is 57.6 Å². The summed E-state index contributed by atoms with van der Waals surface area (Å²) in [5.41, 5.74) is 29.4. The molecule has 31 nitrogen and oxygen atoms in total. The normalized spacial score (nSPS) is 17.1. The van der Waals surface area contributed by atoms with Crippen LogP contribution in [-0.4, -0.2) is 213 Å². The molecule has 2 aliphatic heterocycles. The molecule has 0 spiro atoms. The Hall–Kier alpha value is -8.56. The van der Waals surface area contributed by atoms with Gasteiger partial charge in [-0.2, -0.15) is 23.5 Å². The van der Waals surface area contributed by atoms with Crippen molar-refractivity contribution >= 4 is 106 Å². The molecule has 97 heavy (non-hydrogen) atoms. The molecule has 13 amide bonds. The highest BCUT2D eigenvalue weighted by atomic mass is 32.2. The van der Waals surface area contributed by atoms with Gasteiger partial charge in [0, 0.05) is 38.8 Å². The number of nitrogens with one attached hydrogen (secondary N) is 8. The van der Waals surface area contributed by atoms with Gasteiger partial charge >= 0.3 is 5.97 Å². The number of carbonyl (C=O) groups is 14. The summed E-state index contributed by atoms with van der Waals surface area (Å²) in [5, 5.41) is 40.8. The number of carboxylic acids is 1. The van der Waals surface area contributed by atoms with Gasteiger partial charge in [-0.3, -0.25) is 62.3 Å². The maximum atomic E-state index is 14.9. The molecule has 2 saturated heterocycles. The van der Waals surface area contributed by atoms with Crippen LogP contribution in [0.25, 0.3) is 0 Å². The molecular weight excluding hydrogens is 1300 g/mol. The van der Waals surface area contributed by atoms with Crippen molar-refractivity contribution in [2.75, 3.05) is 43.7 Å². The number of phenols is 1. The second-order valence-corrected chi connectivity index (χ2v) is 26.5. The minimum absolute atomic E-state index is 0.0385. The van der Waals surface area contributed by atoms with Gasteiger partial charge in [-0.05, 0) is 137 Å². The predicted molar refractivity (Wildman–Crippen MR) is 362 cm³/mol. The molecule has 2 aliphatic rings. The lowest BCUT2D eigenvalue weighted by molar-refractivity contribution is -0.144. The molecule has 0 unspecified atom stereocenters. The molecule has 0 aromatic heterocycles. The maximum Gasteiger partial charge on any atom is 0.326 e. The van der Waals surface area contributed by atoms with Gasteiger partial charge in [0.25, 0.3) is 0 Å². The largest absolute Gasteiger partial charge is 0.508 e. The van der Waals surface area contributed by atoms with E-state index in [9.17, 15) is 77.3 Å². The van der Waals surface area contributed by atoms with Crippen LogP contribution in [0.15, 0.2) is 54.6 Å². The lowest BCUT2D eigenvalue weighted by Crippen LogP contribution is -2.61. The predicted octanol–water partition coefficient (Wildman–Crippen LogP) is -2.46. The summed E-state index contributed by atoms with van der Waals surface area (Å²) in [6.07, 6.45) is 2.96. The maximum absolute atomic E-state index is 14.9. The fourth-order valence-electron chi connectivity index (χ4n) is 11.2. The molecule has 2 heterocycles. The summed E-state index contributed by atoms with van der Waals surface area (Å²) in [6.45, 7) is 4.04. The van der Waals surface area contributed by atoms with Crippen molar-refractivity contribution in [2.24, 2.45) is 34.6 Å². The van der Waals surface area contributed by atoms with Crippen LogP contribution in [0, 0.1) is 5.92 Å². The van der Waals surface area contributed by atoms with E-state index in [-0.39, 0.29) is 102 Å². The van der Waals surface area contributed by atoms with Gasteiger partial charge in [-0.15, -0.1) is 0 Å². The Morgan fingerprint density at radius 1 is 0.505 bits per heavy atom. The first-order chi connectivity index (χ1) is 46.1. The van der Waals surface area contributed by atoms with Crippen LogP contribution in [0.1, 0.15) is 121 Å². The zero-order valence-electron chi connectivity index (χ0n) is 55.4. The fraction of sp³-hybridized carbons (Fsp3) is 0.594. The molecule has 4 rings (SSSR count). The lowest BCUT2D eigenvalue weighted by atomic mass is 9.99. The Labute approximate surface area is 572 Å². The summed E-state index contributed by atoms with van der Waals surface area (Å²) < 4.78 is 0. The zero-order chi connectivity index (χ0) is 71.9. The van der Waals surface area contributed by atoms with Crippen LogP contribution in [0.2, 0.25) is 0 Å². The summed E-state index contributed by atoms with van der Waals surface area (Å²) in [4.78, 5) is 194. The van der Waals surface area contributed by atoms with Gasteiger partial charge < -0.3 is 91.2 Å². The fourth-order valence-corrected chi connectivity index (χ4v) is 12.1. The monoisotopic (exact) mass is 1400 g/mol. The Morgan fingerprint density at radius 2 is 0.928 bits per heavy atom. The summed E-state index contributed by atoms with van der Waals surface area (Å²) in [5.74, 6) is -11.9. The number of aromatic hydroxyl groups is 1. The molecule has 2 fully saturated rings. The van der Waals surface area contributed by atoms with Crippen LogP contribution in [0.5, 0.6) is 5.75 Å².